The molecule has 0 atom stereocenters. The third kappa shape index (κ3) is 2.45. The first kappa shape index (κ1) is 11.0. The van der Waals surface area contributed by atoms with Gasteiger partial charge in [0.15, 0.2) is 9.84 Å². The summed E-state index contributed by atoms with van der Waals surface area (Å²) in [6.45, 7) is 1.73. The molecule has 0 saturated carbocycles. The van der Waals surface area contributed by atoms with Gasteiger partial charge in [0, 0.05) is 15.8 Å². The molecule has 13 heavy (non-hydrogen) atoms. The van der Waals surface area contributed by atoms with Gasteiger partial charge in [-0.05, 0) is 24.6 Å². The van der Waals surface area contributed by atoms with Gasteiger partial charge in [-0.25, -0.2) is 8.42 Å². The molecule has 0 spiro atoms. The van der Waals surface area contributed by atoms with Crippen molar-refractivity contribution in [3.8, 4) is 0 Å². The molecule has 0 unspecified atom stereocenters. The molecule has 0 N–H and O–H groups in total. The lowest BCUT2D eigenvalue weighted by Gasteiger charge is -2.05. The third-order valence-corrected chi connectivity index (χ3v) is 3.93. The molecule has 0 saturated heterocycles. The number of halogens is 2. The quantitative estimate of drug-likeness (QED) is 0.794. The largest absolute Gasteiger partial charge is 0.224 e. The predicted molar refractivity (Wildman–Crippen MR) is 57.0 cm³/mol. The molecule has 5 heteroatoms. The lowest BCUT2D eigenvalue weighted by atomic mass is 10.2. The molecule has 0 radical (unpaired) electrons. The molecule has 1 rings (SSSR count). The molecule has 2 nitrogen and oxygen atoms in total. The molecular formula is C8H8BrClO2S. The van der Waals surface area contributed by atoms with Crippen molar-refractivity contribution in [1.29, 1.82) is 0 Å². The topological polar surface area (TPSA) is 34.1 Å². The van der Waals surface area contributed by atoms with Crippen LogP contribution < -0.4 is 0 Å². The molecule has 1 aromatic carbocycles. The molecule has 0 bridgehead atoms. The Labute approximate surface area is 91.0 Å². The van der Waals surface area contributed by atoms with E-state index in [0.717, 1.165) is 6.26 Å². The van der Waals surface area contributed by atoms with E-state index in [1.807, 2.05) is 0 Å². The molecule has 0 aromatic heterocycles. The van der Waals surface area contributed by atoms with Crippen LogP contribution >= 0.6 is 27.5 Å². The second kappa shape index (κ2) is 3.59. The lowest BCUT2D eigenvalue weighted by Crippen LogP contribution is -2.00. The lowest BCUT2D eigenvalue weighted by molar-refractivity contribution is 0.601. The summed E-state index contributed by atoms with van der Waals surface area (Å²) in [5, 5.41) is 0.415. The highest BCUT2D eigenvalue weighted by atomic mass is 79.9. The Balaban J connectivity index is 3.56. The molecule has 0 amide bonds. The first-order valence-corrected chi connectivity index (χ1v) is 6.54. The summed E-state index contributed by atoms with van der Waals surface area (Å²) in [6, 6.07) is 3.13. The van der Waals surface area contributed by atoms with E-state index in [2.05, 4.69) is 15.9 Å². The summed E-state index contributed by atoms with van der Waals surface area (Å²) < 4.78 is 23.3. The minimum absolute atomic E-state index is 0.270. The molecule has 1 aromatic rings. The second-order valence-corrected chi connectivity index (χ2v) is 6.06. The Hall–Kier alpha value is -0.0600. The SMILES string of the molecule is Cc1c(Br)cc(Cl)cc1S(C)(=O)=O. The van der Waals surface area contributed by atoms with Gasteiger partial charge in [0.1, 0.15) is 0 Å². The van der Waals surface area contributed by atoms with Crippen molar-refractivity contribution in [2.24, 2.45) is 0 Å². The van der Waals surface area contributed by atoms with E-state index in [4.69, 9.17) is 11.6 Å². The van der Waals surface area contributed by atoms with Gasteiger partial charge in [-0.3, -0.25) is 0 Å². The molecule has 0 aliphatic heterocycles. The normalized spacial score (nSPS) is 11.7. The maximum Gasteiger partial charge on any atom is 0.175 e. The Morgan fingerprint density at radius 2 is 1.92 bits per heavy atom. The molecule has 72 valence electrons. The summed E-state index contributed by atoms with van der Waals surface area (Å²) in [7, 11) is -3.19. The minimum atomic E-state index is -3.19. The van der Waals surface area contributed by atoms with Crippen molar-refractivity contribution in [2.75, 3.05) is 6.26 Å². The fourth-order valence-electron chi connectivity index (χ4n) is 1.01. The fraction of sp³-hybridized carbons (Fsp3) is 0.250. The average molecular weight is 284 g/mol. The molecular weight excluding hydrogens is 276 g/mol. The molecule has 0 aliphatic carbocycles. The maximum absolute atomic E-state index is 11.3. The van der Waals surface area contributed by atoms with Crippen molar-refractivity contribution in [3.63, 3.8) is 0 Å². The van der Waals surface area contributed by atoms with Gasteiger partial charge in [-0.15, -0.1) is 0 Å². The fourth-order valence-corrected chi connectivity index (χ4v) is 3.02. The van der Waals surface area contributed by atoms with Crippen LogP contribution in [0, 0.1) is 6.92 Å². The highest BCUT2D eigenvalue weighted by molar-refractivity contribution is 9.10. The van der Waals surface area contributed by atoms with Crippen LogP contribution in [0.1, 0.15) is 5.56 Å². The van der Waals surface area contributed by atoms with Crippen LogP contribution in [0.15, 0.2) is 21.5 Å². The van der Waals surface area contributed by atoms with E-state index in [9.17, 15) is 8.42 Å². The Kier molecular flexibility index (Phi) is 3.05. The first-order valence-electron chi connectivity index (χ1n) is 3.48. The minimum Gasteiger partial charge on any atom is -0.224 e. The Bertz CT molecular complexity index is 440. The Morgan fingerprint density at radius 3 is 2.38 bits per heavy atom. The molecule has 0 aliphatic rings. The number of sulfone groups is 1. The van der Waals surface area contributed by atoms with E-state index in [0.29, 0.717) is 15.1 Å². The van der Waals surface area contributed by atoms with Gasteiger partial charge in [0.2, 0.25) is 0 Å². The van der Waals surface area contributed by atoms with Gasteiger partial charge >= 0.3 is 0 Å². The van der Waals surface area contributed by atoms with Crippen LogP contribution in [0.2, 0.25) is 5.02 Å². The summed E-state index contributed by atoms with van der Waals surface area (Å²) in [5.74, 6) is 0. The number of hydrogen-bond donors (Lipinski definition) is 0. The zero-order valence-electron chi connectivity index (χ0n) is 7.14. The van der Waals surface area contributed by atoms with Crippen molar-refractivity contribution in [3.05, 3.63) is 27.2 Å². The predicted octanol–water partition coefficient (Wildman–Crippen LogP) is 2.81. The maximum atomic E-state index is 11.3. The van der Waals surface area contributed by atoms with Crippen molar-refractivity contribution in [1.82, 2.24) is 0 Å². The Morgan fingerprint density at radius 1 is 1.38 bits per heavy atom. The van der Waals surface area contributed by atoms with Crippen LogP contribution in [0.25, 0.3) is 0 Å². The van der Waals surface area contributed by atoms with E-state index >= 15 is 0 Å². The van der Waals surface area contributed by atoms with E-state index in [-0.39, 0.29) is 4.90 Å². The third-order valence-electron chi connectivity index (χ3n) is 1.66. The zero-order chi connectivity index (χ0) is 10.2. The first-order chi connectivity index (χ1) is 5.82. The summed E-state index contributed by atoms with van der Waals surface area (Å²) in [5.41, 5.74) is 0.687. The van der Waals surface area contributed by atoms with Crippen molar-refractivity contribution >= 4 is 37.4 Å². The van der Waals surface area contributed by atoms with Crippen LogP contribution in [-0.4, -0.2) is 14.7 Å². The van der Waals surface area contributed by atoms with Crippen molar-refractivity contribution in [2.45, 2.75) is 11.8 Å². The summed E-state index contributed by atoms with van der Waals surface area (Å²) in [6.07, 6.45) is 1.16. The van der Waals surface area contributed by atoms with Gasteiger partial charge < -0.3 is 0 Å². The van der Waals surface area contributed by atoms with Crippen molar-refractivity contribution < 1.29 is 8.42 Å². The van der Waals surface area contributed by atoms with Crippen LogP contribution in [0.3, 0.4) is 0 Å². The van der Waals surface area contributed by atoms with Gasteiger partial charge in [0.25, 0.3) is 0 Å². The smallest absolute Gasteiger partial charge is 0.175 e. The highest BCUT2D eigenvalue weighted by Crippen LogP contribution is 2.27. The van der Waals surface area contributed by atoms with Crippen LogP contribution in [-0.2, 0) is 9.84 Å². The summed E-state index contributed by atoms with van der Waals surface area (Å²) >= 11 is 8.97. The van der Waals surface area contributed by atoms with Gasteiger partial charge in [-0.2, -0.15) is 0 Å². The van der Waals surface area contributed by atoms with Crippen LogP contribution in [0.5, 0.6) is 0 Å². The van der Waals surface area contributed by atoms with E-state index in [1.54, 1.807) is 13.0 Å². The number of rotatable bonds is 1. The number of benzene rings is 1. The zero-order valence-corrected chi connectivity index (χ0v) is 10.3. The summed E-state index contributed by atoms with van der Waals surface area (Å²) in [4.78, 5) is 0.270. The monoisotopic (exact) mass is 282 g/mol. The highest BCUT2D eigenvalue weighted by Gasteiger charge is 2.13. The van der Waals surface area contributed by atoms with Crippen LogP contribution in [0.4, 0.5) is 0 Å². The van der Waals surface area contributed by atoms with Gasteiger partial charge in [0.05, 0.1) is 4.90 Å². The molecule has 0 fully saturated rings. The van der Waals surface area contributed by atoms with E-state index in [1.165, 1.54) is 6.07 Å². The number of hydrogen-bond acceptors (Lipinski definition) is 2. The second-order valence-electron chi connectivity index (χ2n) is 2.78. The standard InChI is InChI=1S/C8H8BrClO2S/c1-5-7(9)3-6(10)4-8(5)13(2,11)12/h3-4H,1-2H3. The molecule has 0 heterocycles. The van der Waals surface area contributed by atoms with Gasteiger partial charge in [-0.1, -0.05) is 27.5 Å². The van der Waals surface area contributed by atoms with E-state index < -0.39 is 9.84 Å². The average Bonchev–Trinajstić information content (AvgIpc) is 1.94.